The van der Waals surface area contributed by atoms with Crippen LogP contribution in [0.1, 0.15) is 70.3 Å². The van der Waals surface area contributed by atoms with Crippen LogP contribution in [0, 0.1) is 29.6 Å². The number of rotatable bonds is 2. The zero-order valence-electron chi connectivity index (χ0n) is 20.0. The van der Waals surface area contributed by atoms with Gasteiger partial charge in [0.1, 0.15) is 0 Å². The maximum atomic E-state index is 12.1. The lowest BCUT2D eigenvalue weighted by molar-refractivity contribution is -0.114. The van der Waals surface area contributed by atoms with Crippen LogP contribution < -0.4 is 4.90 Å². The average molecular weight is 432 g/mol. The standard InChI is InChI=1S/C26H33NO2.C3H4/c1-26-15-22(16-5-4-6-18(13-16)27(2)3)25-20-10-8-19(28)14-17(20)7-9-21(25)23(26)11-12-24(26)29;1-3-2/h4-6,13-14,21-24,29H,7-12,15H2,1-3H3;1H,2H3. The van der Waals surface area contributed by atoms with E-state index in [0.29, 0.717) is 30.0 Å². The van der Waals surface area contributed by atoms with Gasteiger partial charge in [-0.25, -0.2) is 0 Å². The molecular formula is C29H37NO2. The zero-order chi connectivity index (χ0) is 23.0. The van der Waals surface area contributed by atoms with Crippen molar-refractivity contribution in [3.05, 3.63) is 52.6 Å². The molecule has 170 valence electrons. The molecule has 5 rings (SSSR count). The van der Waals surface area contributed by atoms with E-state index in [1.54, 1.807) is 12.5 Å². The predicted octanol–water partition coefficient (Wildman–Crippen LogP) is 5.65. The summed E-state index contributed by atoms with van der Waals surface area (Å²) in [5, 5.41) is 11.0. The summed E-state index contributed by atoms with van der Waals surface area (Å²) in [5.41, 5.74) is 7.02. The van der Waals surface area contributed by atoms with Crippen LogP contribution in [0.3, 0.4) is 0 Å². The van der Waals surface area contributed by atoms with Gasteiger partial charge < -0.3 is 10.0 Å². The first-order valence-electron chi connectivity index (χ1n) is 12.1. The Morgan fingerprint density at radius 1 is 1.16 bits per heavy atom. The van der Waals surface area contributed by atoms with Gasteiger partial charge in [-0.15, -0.1) is 12.3 Å². The lowest BCUT2D eigenvalue weighted by Crippen LogP contribution is -2.45. The highest BCUT2D eigenvalue weighted by atomic mass is 16.3. The van der Waals surface area contributed by atoms with Crippen molar-refractivity contribution in [2.24, 2.45) is 17.3 Å². The quantitative estimate of drug-likeness (QED) is 0.615. The lowest BCUT2D eigenvalue weighted by Gasteiger charge is -2.52. The van der Waals surface area contributed by atoms with Crippen LogP contribution in [0.2, 0.25) is 0 Å². The van der Waals surface area contributed by atoms with Crippen LogP contribution in [-0.2, 0) is 4.79 Å². The molecule has 3 nitrogen and oxygen atoms in total. The minimum absolute atomic E-state index is 0.000775. The molecule has 0 saturated heterocycles. The minimum Gasteiger partial charge on any atom is -0.393 e. The molecule has 0 heterocycles. The number of nitrogens with zero attached hydrogens (tertiary/aromatic N) is 1. The van der Waals surface area contributed by atoms with Gasteiger partial charge >= 0.3 is 0 Å². The van der Waals surface area contributed by atoms with Crippen molar-refractivity contribution in [1.29, 1.82) is 0 Å². The maximum absolute atomic E-state index is 12.1. The second-order valence-corrected chi connectivity index (χ2v) is 10.5. The van der Waals surface area contributed by atoms with Crippen molar-refractivity contribution in [2.45, 2.75) is 70.8 Å². The van der Waals surface area contributed by atoms with Crippen LogP contribution in [0.5, 0.6) is 0 Å². The van der Waals surface area contributed by atoms with E-state index in [4.69, 9.17) is 0 Å². The number of terminal acetylenes is 1. The monoisotopic (exact) mass is 431 g/mol. The fourth-order valence-corrected chi connectivity index (χ4v) is 6.95. The maximum Gasteiger partial charge on any atom is 0.156 e. The second kappa shape index (κ2) is 8.91. The summed E-state index contributed by atoms with van der Waals surface area (Å²) in [6.45, 7) is 4.00. The molecule has 0 spiro atoms. The summed E-state index contributed by atoms with van der Waals surface area (Å²) in [7, 11) is 4.19. The van der Waals surface area contributed by atoms with Gasteiger partial charge in [-0.3, -0.25) is 4.79 Å². The summed E-state index contributed by atoms with van der Waals surface area (Å²) in [6.07, 6.45) is 13.2. The van der Waals surface area contributed by atoms with Crippen LogP contribution >= 0.6 is 0 Å². The Morgan fingerprint density at radius 2 is 1.91 bits per heavy atom. The third-order valence-electron chi connectivity index (χ3n) is 8.47. The summed E-state index contributed by atoms with van der Waals surface area (Å²) in [4.78, 5) is 14.3. The van der Waals surface area contributed by atoms with E-state index in [1.807, 2.05) is 6.08 Å². The Balaban J connectivity index is 0.000000775. The Kier molecular flexibility index (Phi) is 6.37. The third kappa shape index (κ3) is 3.84. The minimum atomic E-state index is -0.191. The summed E-state index contributed by atoms with van der Waals surface area (Å²) in [5.74, 6) is 4.03. The van der Waals surface area contributed by atoms with E-state index in [9.17, 15) is 9.90 Å². The number of hydrogen-bond acceptors (Lipinski definition) is 3. The molecule has 0 bridgehead atoms. The SMILES string of the molecule is C#CC.CN(C)c1cccc(C2CC3(C)C(O)CCC3C3CCC4=CC(=O)CCC4=C23)c1. The summed E-state index contributed by atoms with van der Waals surface area (Å²) in [6, 6.07) is 8.96. The highest BCUT2D eigenvalue weighted by Gasteiger charge is 2.56. The first kappa shape index (κ1) is 22.9. The molecule has 0 aliphatic heterocycles. The number of carbonyl (C=O) groups is 1. The molecule has 4 aliphatic carbocycles. The molecule has 5 atom stereocenters. The molecule has 3 heteroatoms. The lowest BCUT2D eigenvalue weighted by atomic mass is 9.53. The normalized spacial score (nSPS) is 33.1. The van der Waals surface area contributed by atoms with Gasteiger partial charge in [0, 0.05) is 32.1 Å². The van der Waals surface area contributed by atoms with Gasteiger partial charge in [-0.2, -0.15) is 0 Å². The van der Waals surface area contributed by atoms with E-state index < -0.39 is 0 Å². The Labute approximate surface area is 193 Å². The van der Waals surface area contributed by atoms with Gasteiger partial charge in [0.2, 0.25) is 0 Å². The van der Waals surface area contributed by atoms with Gasteiger partial charge in [-0.05, 0) is 97.6 Å². The third-order valence-corrected chi connectivity index (χ3v) is 8.47. The smallest absolute Gasteiger partial charge is 0.156 e. The molecule has 0 radical (unpaired) electrons. The number of anilines is 1. The number of hydrogen-bond donors (Lipinski definition) is 1. The van der Waals surface area contributed by atoms with Crippen molar-refractivity contribution >= 4 is 11.5 Å². The molecule has 2 saturated carbocycles. The Morgan fingerprint density at radius 3 is 2.62 bits per heavy atom. The second-order valence-electron chi connectivity index (χ2n) is 10.5. The fourth-order valence-electron chi connectivity index (χ4n) is 6.95. The molecule has 0 aromatic heterocycles. The molecule has 2 fully saturated rings. The average Bonchev–Trinajstić information content (AvgIpc) is 3.07. The van der Waals surface area contributed by atoms with Crippen molar-refractivity contribution in [2.75, 3.05) is 19.0 Å². The van der Waals surface area contributed by atoms with Gasteiger partial charge in [0.25, 0.3) is 0 Å². The predicted molar refractivity (Wildman–Crippen MR) is 132 cm³/mol. The molecule has 0 amide bonds. The zero-order valence-corrected chi connectivity index (χ0v) is 20.0. The molecule has 4 aliphatic rings. The number of benzene rings is 1. The molecule has 1 N–H and O–H groups in total. The first-order chi connectivity index (χ1) is 15.3. The van der Waals surface area contributed by atoms with E-state index in [1.165, 1.54) is 22.4 Å². The van der Waals surface area contributed by atoms with Crippen LogP contribution in [0.4, 0.5) is 5.69 Å². The molecule has 32 heavy (non-hydrogen) atoms. The number of aliphatic hydroxyl groups is 1. The highest BCUT2D eigenvalue weighted by molar-refractivity contribution is 5.93. The summed E-state index contributed by atoms with van der Waals surface area (Å²) >= 11 is 0. The summed E-state index contributed by atoms with van der Waals surface area (Å²) < 4.78 is 0. The van der Waals surface area contributed by atoms with Crippen LogP contribution in [-0.4, -0.2) is 31.1 Å². The van der Waals surface area contributed by atoms with Crippen LogP contribution in [0.25, 0.3) is 0 Å². The van der Waals surface area contributed by atoms with Gasteiger partial charge in [0.15, 0.2) is 5.78 Å². The molecule has 1 aromatic carbocycles. The van der Waals surface area contributed by atoms with Gasteiger partial charge in [0.05, 0.1) is 6.10 Å². The number of ketones is 1. The number of carbonyl (C=O) groups excluding carboxylic acids is 1. The largest absolute Gasteiger partial charge is 0.393 e. The number of aliphatic hydroxyl groups excluding tert-OH is 1. The van der Waals surface area contributed by atoms with Gasteiger partial charge in [-0.1, -0.05) is 24.6 Å². The number of allylic oxidation sites excluding steroid dienone is 4. The topological polar surface area (TPSA) is 40.5 Å². The highest BCUT2D eigenvalue weighted by Crippen LogP contribution is 2.63. The van der Waals surface area contributed by atoms with E-state index in [2.05, 4.69) is 62.5 Å². The van der Waals surface area contributed by atoms with Crippen molar-refractivity contribution in [1.82, 2.24) is 0 Å². The van der Waals surface area contributed by atoms with Crippen molar-refractivity contribution < 1.29 is 9.90 Å². The Hall–Kier alpha value is -2.31. The Bertz CT molecular complexity index is 995. The number of fused-ring (bicyclic) bond motifs is 4. The fraction of sp³-hybridized carbons (Fsp3) is 0.552. The first-order valence-corrected chi connectivity index (χ1v) is 12.1. The van der Waals surface area contributed by atoms with E-state index in [-0.39, 0.29) is 11.5 Å². The molecular weight excluding hydrogens is 394 g/mol. The van der Waals surface area contributed by atoms with Crippen LogP contribution in [0.15, 0.2) is 47.1 Å². The van der Waals surface area contributed by atoms with Crippen molar-refractivity contribution in [3.8, 4) is 12.3 Å². The van der Waals surface area contributed by atoms with E-state index in [0.717, 1.165) is 38.5 Å². The molecule has 1 aromatic rings. The molecule has 5 unspecified atom stereocenters. The van der Waals surface area contributed by atoms with Crippen molar-refractivity contribution in [3.63, 3.8) is 0 Å². The van der Waals surface area contributed by atoms with E-state index >= 15 is 0 Å².